The molecule has 3 aromatic rings. The zero-order valence-corrected chi connectivity index (χ0v) is 21.1. The molecule has 0 fully saturated rings. The molecule has 0 atom stereocenters. The molecule has 0 heterocycles. The first-order chi connectivity index (χ1) is 16.5. The predicted octanol–water partition coefficient (Wildman–Crippen LogP) is 5.19. The third-order valence-electron chi connectivity index (χ3n) is 5.64. The molecule has 1 N–H and O–H groups in total. The molecule has 0 saturated carbocycles. The van der Waals surface area contributed by atoms with E-state index in [1.54, 1.807) is 12.1 Å². The van der Waals surface area contributed by atoms with Gasteiger partial charge in [-0.05, 0) is 67.6 Å². The van der Waals surface area contributed by atoms with E-state index in [2.05, 4.69) is 24.4 Å². The summed E-state index contributed by atoms with van der Waals surface area (Å²) < 4.78 is 41.2. The lowest BCUT2D eigenvalue weighted by atomic mass is 9.80. The highest BCUT2D eigenvalue weighted by Gasteiger charge is 2.27. The molecule has 1 amide bonds. The number of hydrogen-bond donors (Lipinski definition) is 1. The number of nitrogens with zero attached hydrogens (tertiary/aromatic N) is 2. The average molecular weight is 496 g/mol. The standard InChI is InChI=1S/C27H30FN3O3S/c1-20-10-16-25(17-11-20)35(33,34)31(24-14-12-23(28)13-15-24)19-26(32)30-29-21(2)18-27(3,4)22-8-6-5-7-9-22/h5-17H,18-19H2,1-4H3,(H,30,32)/b29-21-. The number of carbonyl (C=O) groups is 1. The van der Waals surface area contributed by atoms with Crippen LogP contribution in [0.4, 0.5) is 10.1 Å². The van der Waals surface area contributed by atoms with Gasteiger partial charge in [0.25, 0.3) is 15.9 Å². The molecule has 0 aromatic heterocycles. The minimum Gasteiger partial charge on any atom is -0.271 e. The molecule has 0 bridgehead atoms. The van der Waals surface area contributed by atoms with Crippen LogP contribution in [0.25, 0.3) is 0 Å². The van der Waals surface area contributed by atoms with Crippen molar-refractivity contribution >= 4 is 27.3 Å². The fourth-order valence-electron chi connectivity index (χ4n) is 3.75. The third kappa shape index (κ3) is 6.76. The van der Waals surface area contributed by atoms with Gasteiger partial charge in [0, 0.05) is 5.71 Å². The Hall–Kier alpha value is -3.52. The Labute approximate surface area is 206 Å². The molecule has 0 radical (unpaired) electrons. The van der Waals surface area contributed by atoms with Crippen molar-refractivity contribution in [2.45, 2.75) is 44.4 Å². The topological polar surface area (TPSA) is 78.8 Å². The van der Waals surface area contributed by atoms with Crippen molar-refractivity contribution in [1.29, 1.82) is 0 Å². The Morgan fingerprint density at radius 2 is 1.57 bits per heavy atom. The number of halogens is 1. The number of anilines is 1. The van der Waals surface area contributed by atoms with Crippen molar-refractivity contribution in [3.05, 3.63) is 95.8 Å². The molecule has 6 nitrogen and oxygen atoms in total. The summed E-state index contributed by atoms with van der Waals surface area (Å²) in [4.78, 5) is 12.8. The van der Waals surface area contributed by atoms with Crippen LogP contribution in [0.15, 0.2) is 88.9 Å². The number of sulfonamides is 1. The normalized spacial score (nSPS) is 12.3. The maximum Gasteiger partial charge on any atom is 0.264 e. The number of carbonyl (C=O) groups excluding carboxylic acids is 1. The molecule has 3 rings (SSSR count). The Kier molecular flexibility index (Phi) is 8.07. The summed E-state index contributed by atoms with van der Waals surface area (Å²) in [5.41, 5.74) is 5.19. The molecule has 0 spiro atoms. The van der Waals surface area contributed by atoms with Crippen LogP contribution in [-0.2, 0) is 20.2 Å². The second-order valence-electron chi connectivity index (χ2n) is 9.11. The van der Waals surface area contributed by atoms with Gasteiger partial charge >= 0.3 is 0 Å². The minimum absolute atomic E-state index is 0.0320. The lowest BCUT2D eigenvalue weighted by Crippen LogP contribution is -2.39. The molecule has 0 saturated heterocycles. The number of nitrogens with one attached hydrogen (secondary N) is 1. The van der Waals surface area contributed by atoms with E-state index in [0.717, 1.165) is 27.6 Å². The molecular weight excluding hydrogens is 465 g/mol. The Morgan fingerprint density at radius 1 is 0.971 bits per heavy atom. The number of aryl methyl sites for hydroxylation is 1. The molecule has 0 unspecified atom stereocenters. The van der Waals surface area contributed by atoms with Crippen LogP contribution in [0.3, 0.4) is 0 Å². The Bertz CT molecular complexity index is 1290. The van der Waals surface area contributed by atoms with Crippen molar-refractivity contribution in [1.82, 2.24) is 5.43 Å². The maximum atomic E-state index is 13.5. The van der Waals surface area contributed by atoms with Crippen LogP contribution in [0, 0.1) is 12.7 Å². The molecule has 3 aromatic carbocycles. The highest BCUT2D eigenvalue weighted by molar-refractivity contribution is 7.92. The lowest BCUT2D eigenvalue weighted by Gasteiger charge is -2.25. The van der Waals surface area contributed by atoms with Crippen molar-refractivity contribution < 1.29 is 17.6 Å². The van der Waals surface area contributed by atoms with E-state index < -0.39 is 28.3 Å². The molecular formula is C27H30FN3O3S. The van der Waals surface area contributed by atoms with E-state index in [1.807, 2.05) is 44.2 Å². The number of benzene rings is 3. The van der Waals surface area contributed by atoms with Crippen LogP contribution in [0.1, 0.15) is 38.3 Å². The average Bonchev–Trinajstić information content (AvgIpc) is 2.82. The molecule has 0 aliphatic carbocycles. The third-order valence-corrected chi connectivity index (χ3v) is 7.42. The molecule has 0 aliphatic heterocycles. The predicted molar refractivity (Wildman–Crippen MR) is 137 cm³/mol. The molecule has 35 heavy (non-hydrogen) atoms. The van der Waals surface area contributed by atoms with Gasteiger partial charge in [0.05, 0.1) is 10.6 Å². The van der Waals surface area contributed by atoms with Crippen LogP contribution in [-0.4, -0.2) is 26.6 Å². The highest BCUT2D eigenvalue weighted by Crippen LogP contribution is 2.27. The second-order valence-corrected chi connectivity index (χ2v) is 11.0. The lowest BCUT2D eigenvalue weighted by molar-refractivity contribution is -0.119. The Balaban J connectivity index is 1.79. The molecule has 0 aliphatic rings. The van der Waals surface area contributed by atoms with Gasteiger partial charge < -0.3 is 0 Å². The van der Waals surface area contributed by atoms with Crippen LogP contribution >= 0.6 is 0 Å². The van der Waals surface area contributed by atoms with E-state index in [-0.39, 0.29) is 16.0 Å². The first-order valence-corrected chi connectivity index (χ1v) is 12.7. The first kappa shape index (κ1) is 26.1. The number of amides is 1. The summed E-state index contributed by atoms with van der Waals surface area (Å²) in [6.45, 7) is 7.33. The van der Waals surface area contributed by atoms with Gasteiger partial charge in [-0.3, -0.25) is 9.10 Å². The zero-order chi connectivity index (χ0) is 25.6. The summed E-state index contributed by atoms with van der Waals surface area (Å²) >= 11 is 0. The van der Waals surface area contributed by atoms with E-state index in [1.165, 1.54) is 24.3 Å². The van der Waals surface area contributed by atoms with Crippen molar-refractivity contribution in [2.24, 2.45) is 5.10 Å². The summed E-state index contributed by atoms with van der Waals surface area (Å²) in [5.74, 6) is -1.12. The van der Waals surface area contributed by atoms with E-state index in [0.29, 0.717) is 12.1 Å². The largest absolute Gasteiger partial charge is 0.271 e. The SMILES string of the molecule is C/C(CC(C)(C)c1ccccc1)=N/NC(=O)CN(c1ccc(F)cc1)S(=O)(=O)c1ccc(C)cc1. The van der Waals surface area contributed by atoms with Crippen LogP contribution < -0.4 is 9.73 Å². The zero-order valence-electron chi connectivity index (χ0n) is 20.3. The quantitative estimate of drug-likeness (QED) is 0.328. The molecule has 184 valence electrons. The van der Waals surface area contributed by atoms with E-state index >= 15 is 0 Å². The van der Waals surface area contributed by atoms with E-state index in [9.17, 15) is 17.6 Å². The first-order valence-electron chi connectivity index (χ1n) is 11.2. The fourth-order valence-corrected chi connectivity index (χ4v) is 5.17. The number of hydrogen-bond acceptors (Lipinski definition) is 4. The summed E-state index contributed by atoms with van der Waals surface area (Å²) in [6, 6.07) is 21.3. The summed E-state index contributed by atoms with van der Waals surface area (Å²) in [5, 5.41) is 4.20. The van der Waals surface area contributed by atoms with Gasteiger partial charge in [0.1, 0.15) is 12.4 Å². The van der Waals surface area contributed by atoms with Crippen molar-refractivity contribution in [2.75, 3.05) is 10.8 Å². The van der Waals surface area contributed by atoms with Crippen LogP contribution in [0.2, 0.25) is 0 Å². The van der Waals surface area contributed by atoms with Gasteiger partial charge in [-0.15, -0.1) is 0 Å². The second kappa shape index (κ2) is 10.8. The smallest absolute Gasteiger partial charge is 0.264 e. The van der Waals surface area contributed by atoms with Crippen molar-refractivity contribution in [3.8, 4) is 0 Å². The minimum atomic E-state index is -4.08. The molecule has 8 heteroatoms. The summed E-state index contributed by atoms with van der Waals surface area (Å²) in [6.07, 6.45) is 0.598. The van der Waals surface area contributed by atoms with E-state index in [4.69, 9.17) is 0 Å². The van der Waals surface area contributed by atoms with Gasteiger partial charge in [-0.2, -0.15) is 5.10 Å². The number of hydrazone groups is 1. The Morgan fingerprint density at radius 3 is 2.17 bits per heavy atom. The maximum absolute atomic E-state index is 13.5. The van der Waals surface area contributed by atoms with Gasteiger partial charge in [0.2, 0.25) is 0 Å². The fraction of sp³-hybridized carbons (Fsp3) is 0.259. The van der Waals surface area contributed by atoms with Gasteiger partial charge in [-0.25, -0.2) is 18.2 Å². The van der Waals surface area contributed by atoms with Gasteiger partial charge in [-0.1, -0.05) is 61.9 Å². The van der Waals surface area contributed by atoms with Crippen LogP contribution in [0.5, 0.6) is 0 Å². The summed E-state index contributed by atoms with van der Waals surface area (Å²) in [7, 11) is -4.08. The highest BCUT2D eigenvalue weighted by atomic mass is 32.2. The van der Waals surface area contributed by atoms with Crippen molar-refractivity contribution in [3.63, 3.8) is 0 Å². The van der Waals surface area contributed by atoms with Gasteiger partial charge in [0.15, 0.2) is 0 Å². The number of rotatable bonds is 9. The monoisotopic (exact) mass is 495 g/mol.